The summed E-state index contributed by atoms with van der Waals surface area (Å²) in [6.07, 6.45) is 1.51. The van der Waals surface area contributed by atoms with E-state index in [-0.39, 0.29) is 35.1 Å². The predicted molar refractivity (Wildman–Crippen MR) is 73.8 cm³/mol. The first-order valence-corrected chi connectivity index (χ1v) is 6.71. The van der Waals surface area contributed by atoms with Gasteiger partial charge in [0.15, 0.2) is 0 Å². The quantitative estimate of drug-likeness (QED) is 0.763. The van der Waals surface area contributed by atoms with Gasteiger partial charge in [-0.05, 0) is 33.1 Å². The molecule has 0 aliphatic heterocycles. The van der Waals surface area contributed by atoms with Gasteiger partial charge in [0.25, 0.3) is 0 Å². The number of rotatable bonds is 6. The van der Waals surface area contributed by atoms with Crippen molar-refractivity contribution in [2.24, 2.45) is 23.5 Å². The number of nitrogens with one attached hydrogen (secondary N) is 1. The monoisotopic (exact) mass is 256 g/mol. The number of nitrogens with two attached hydrogens (primary N) is 1. The van der Waals surface area contributed by atoms with Crippen molar-refractivity contribution in [3.05, 3.63) is 0 Å². The summed E-state index contributed by atoms with van der Waals surface area (Å²) >= 11 is 0. The van der Waals surface area contributed by atoms with E-state index in [0.29, 0.717) is 6.42 Å². The van der Waals surface area contributed by atoms with Crippen LogP contribution < -0.4 is 11.1 Å². The molecule has 0 saturated heterocycles. The van der Waals surface area contributed by atoms with Crippen LogP contribution in [0.25, 0.3) is 0 Å². The number of hydrogen-bond acceptors (Lipinski definition) is 2. The molecule has 0 aromatic heterocycles. The zero-order chi connectivity index (χ0) is 14.5. The second-order valence-corrected chi connectivity index (χ2v) is 6.31. The van der Waals surface area contributed by atoms with Crippen LogP contribution in [0.3, 0.4) is 0 Å². The van der Waals surface area contributed by atoms with Crippen LogP contribution in [0.4, 0.5) is 0 Å². The second kappa shape index (κ2) is 6.76. The van der Waals surface area contributed by atoms with Crippen LogP contribution in [0.2, 0.25) is 0 Å². The van der Waals surface area contributed by atoms with E-state index in [2.05, 4.69) is 5.32 Å². The first-order valence-electron chi connectivity index (χ1n) is 6.71. The van der Waals surface area contributed by atoms with Crippen molar-refractivity contribution in [1.29, 1.82) is 0 Å². The van der Waals surface area contributed by atoms with E-state index in [4.69, 9.17) is 5.73 Å². The van der Waals surface area contributed by atoms with Gasteiger partial charge >= 0.3 is 0 Å². The van der Waals surface area contributed by atoms with Crippen molar-refractivity contribution < 1.29 is 9.59 Å². The number of carbonyl (C=O) groups excluding carboxylic acids is 2. The number of carbonyl (C=O) groups is 2. The first-order chi connectivity index (χ1) is 8.10. The first kappa shape index (κ1) is 16.9. The predicted octanol–water partition coefficient (Wildman–Crippen LogP) is 2.07. The Morgan fingerprint density at radius 1 is 1.22 bits per heavy atom. The summed E-state index contributed by atoms with van der Waals surface area (Å²) in [5.41, 5.74) is 5.15. The van der Waals surface area contributed by atoms with Crippen molar-refractivity contribution in [2.45, 2.75) is 59.9 Å². The lowest BCUT2D eigenvalue weighted by atomic mass is 9.79. The Morgan fingerprint density at radius 2 is 1.72 bits per heavy atom. The average molecular weight is 256 g/mol. The second-order valence-electron chi connectivity index (χ2n) is 6.31. The lowest BCUT2D eigenvalue weighted by Gasteiger charge is -2.30. The summed E-state index contributed by atoms with van der Waals surface area (Å²) in [6.45, 7) is 11.7. The zero-order valence-electron chi connectivity index (χ0n) is 12.5. The number of amides is 2. The fourth-order valence-electron chi connectivity index (χ4n) is 2.21. The van der Waals surface area contributed by atoms with Crippen LogP contribution in [0.1, 0.15) is 54.4 Å². The minimum atomic E-state index is -0.377. The Labute approximate surface area is 111 Å². The zero-order valence-corrected chi connectivity index (χ0v) is 12.5. The smallest absolute Gasteiger partial charge is 0.224 e. The molecule has 2 atom stereocenters. The van der Waals surface area contributed by atoms with Gasteiger partial charge in [0.1, 0.15) is 0 Å². The van der Waals surface area contributed by atoms with Crippen molar-refractivity contribution >= 4 is 11.8 Å². The summed E-state index contributed by atoms with van der Waals surface area (Å²) in [6, 6.07) is 0. The molecule has 0 aliphatic carbocycles. The highest BCUT2D eigenvalue weighted by Gasteiger charge is 2.35. The fourth-order valence-corrected chi connectivity index (χ4v) is 2.21. The summed E-state index contributed by atoms with van der Waals surface area (Å²) in [5, 5.41) is 2.95. The normalized spacial score (nSPS) is 15.3. The Bertz CT molecular complexity index is 293. The highest BCUT2D eigenvalue weighted by Crippen LogP contribution is 2.26. The molecule has 3 N–H and O–H groups in total. The SMILES string of the molecule is CCCC(C(N)=O)C(C(=O)NC(C)(C)C)C(C)C. The molecule has 0 rings (SSSR count). The highest BCUT2D eigenvalue weighted by atomic mass is 16.2. The topological polar surface area (TPSA) is 72.2 Å². The van der Waals surface area contributed by atoms with Crippen molar-refractivity contribution in [1.82, 2.24) is 5.32 Å². The van der Waals surface area contributed by atoms with Gasteiger partial charge in [-0.2, -0.15) is 0 Å². The third-order valence-electron chi connectivity index (χ3n) is 2.92. The molecule has 0 spiro atoms. The molecule has 106 valence electrons. The molecule has 18 heavy (non-hydrogen) atoms. The third kappa shape index (κ3) is 5.52. The van der Waals surface area contributed by atoms with Gasteiger partial charge in [-0.25, -0.2) is 0 Å². The number of hydrogen-bond donors (Lipinski definition) is 2. The summed E-state index contributed by atoms with van der Waals surface area (Å²) in [7, 11) is 0. The van der Waals surface area contributed by atoms with Gasteiger partial charge in [-0.3, -0.25) is 9.59 Å². The Morgan fingerprint density at radius 3 is 2.00 bits per heavy atom. The average Bonchev–Trinajstić information content (AvgIpc) is 2.13. The molecule has 0 aliphatic rings. The minimum absolute atomic E-state index is 0.0743. The van der Waals surface area contributed by atoms with Gasteiger partial charge in [0, 0.05) is 11.5 Å². The molecule has 0 aromatic rings. The molecular formula is C14H28N2O2. The molecule has 0 saturated carbocycles. The maximum absolute atomic E-state index is 12.3. The van der Waals surface area contributed by atoms with Crippen LogP contribution in [-0.2, 0) is 9.59 Å². The Kier molecular flexibility index (Phi) is 6.36. The molecule has 0 bridgehead atoms. The van der Waals surface area contributed by atoms with Gasteiger partial charge in [0.05, 0.1) is 5.92 Å². The maximum Gasteiger partial charge on any atom is 0.224 e. The lowest BCUT2D eigenvalue weighted by Crippen LogP contribution is -2.49. The molecule has 0 heterocycles. The molecule has 0 radical (unpaired) electrons. The molecule has 2 amide bonds. The van der Waals surface area contributed by atoms with Crippen LogP contribution in [0, 0.1) is 17.8 Å². The standard InChI is InChI=1S/C14H28N2O2/c1-7-8-10(12(15)17)11(9(2)3)13(18)16-14(4,5)6/h9-11H,7-8H2,1-6H3,(H2,15,17)(H,16,18). The van der Waals surface area contributed by atoms with Gasteiger partial charge in [0.2, 0.25) is 11.8 Å². The van der Waals surface area contributed by atoms with Crippen LogP contribution >= 0.6 is 0 Å². The molecule has 4 nitrogen and oxygen atoms in total. The summed E-state index contributed by atoms with van der Waals surface area (Å²) in [5.74, 6) is -1.08. The van der Waals surface area contributed by atoms with Crippen molar-refractivity contribution in [3.63, 3.8) is 0 Å². The Balaban J connectivity index is 5.04. The van der Waals surface area contributed by atoms with E-state index in [0.717, 1.165) is 6.42 Å². The minimum Gasteiger partial charge on any atom is -0.369 e. The largest absolute Gasteiger partial charge is 0.369 e. The summed E-state index contributed by atoms with van der Waals surface area (Å²) in [4.78, 5) is 23.8. The van der Waals surface area contributed by atoms with Crippen LogP contribution in [0.5, 0.6) is 0 Å². The molecule has 0 fully saturated rings. The molecule has 2 unspecified atom stereocenters. The van der Waals surface area contributed by atoms with E-state index >= 15 is 0 Å². The maximum atomic E-state index is 12.3. The van der Waals surface area contributed by atoms with E-state index in [1.54, 1.807) is 0 Å². The van der Waals surface area contributed by atoms with Crippen LogP contribution in [-0.4, -0.2) is 17.4 Å². The van der Waals surface area contributed by atoms with E-state index in [1.165, 1.54) is 0 Å². The molecule has 4 heteroatoms. The lowest BCUT2D eigenvalue weighted by molar-refractivity contribution is -0.136. The van der Waals surface area contributed by atoms with Crippen molar-refractivity contribution in [2.75, 3.05) is 0 Å². The van der Waals surface area contributed by atoms with Crippen molar-refractivity contribution in [3.8, 4) is 0 Å². The fraction of sp³-hybridized carbons (Fsp3) is 0.857. The highest BCUT2D eigenvalue weighted by molar-refractivity contribution is 5.87. The summed E-state index contributed by atoms with van der Waals surface area (Å²) < 4.78 is 0. The van der Waals surface area contributed by atoms with Gasteiger partial charge in [-0.1, -0.05) is 27.2 Å². The van der Waals surface area contributed by atoms with Gasteiger partial charge in [-0.15, -0.1) is 0 Å². The van der Waals surface area contributed by atoms with E-state index < -0.39 is 0 Å². The van der Waals surface area contributed by atoms with Crippen LogP contribution in [0.15, 0.2) is 0 Å². The van der Waals surface area contributed by atoms with E-state index in [1.807, 2.05) is 41.5 Å². The molecular weight excluding hydrogens is 228 g/mol. The van der Waals surface area contributed by atoms with E-state index in [9.17, 15) is 9.59 Å². The molecule has 0 aromatic carbocycles. The van der Waals surface area contributed by atoms with Gasteiger partial charge < -0.3 is 11.1 Å². The Hall–Kier alpha value is -1.06. The third-order valence-corrected chi connectivity index (χ3v) is 2.92. The number of primary amides is 1.